The molecule has 0 atom stereocenters. The Morgan fingerprint density at radius 2 is 2.19 bits per heavy atom. The zero-order valence-electron chi connectivity index (χ0n) is 13.5. The largest absolute Gasteiger partial charge is 0.383 e. The summed E-state index contributed by atoms with van der Waals surface area (Å²) in [6.07, 6.45) is 2.55. The highest BCUT2D eigenvalue weighted by Crippen LogP contribution is 2.26. The van der Waals surface area contributed by atoms with Crippen molar-refractivity contribution in [2.24, 2.45) is 5.92 Å². The van der Waals surface area contributed by atoms with Crippen molar-refractivity contribution < 1.29 is 4.74 Å². The number of anilines is 1. The quantitative estimate of drug-likeness (QED) is 0.739. The number of thiazole rings is 1. The first-order valence-electron chi connectivity index (χ1n) is 7.72. The highest BCUT2D eigenvalue weighted by Gasteiger charge is 2.21. The molecule has 0 aliphatic carbocycles. The molecule has 120 valence electrons. The first-order chi connectivity index (χ1) is 10.2. The lowest BCUT2D eigenvalue weighted by atomic mass is 9.97. The van der Waals surface area contributed by atoms with Gasteiger partial charge in [0.25, 0.3) is 0 Å². The average Bonchev–Trinajstić information content (AvgIpc) is 2.93. The van der Waals surface area contributed by atoms with E-state index < -0.39 is 0 Å². The second-order valence-corrected chi connectivity index (χ2v) is 6.82. The van der Waals surface area contributed by atoms with Crippen molar-refractivity contribution in [2.45, 2.75) is 19.4 Å². The van der Waals surface area contributed by atoms with Crippen LogP contribution in [-0.4, -0.2) is 63.9 Å². The van der Waals surface area contributed by atoms with Gasteiger partial charge in [0.1, 0.15) is 0 Å². The number of aromatic nitrogens is 1. The Balaban J connectivity index is 1.74. The number of ether oxygens (including phenoxy) is 1. The third-order valence-corrected chi connectivity index (χ3v) is 4.79. The number of hydrogen-bond acceptors (Lipinski definition) is 6. The van der Waals surface area contributed by atoms with E-state index in [9.17, 15) is 0 Å². The summed E-state index contributed by atoms with van der Waals surface area (Å²) in [6.45, 7) is 5.94. The van der Waals surface area contributed by atoms with Crippen LogP contribution in [0.15, 0.2) is 5.38 Å². The zero-order chi connectivity index (χ0) is 15.1. The van der Waals surface area contributed by atoms with E-state index in [0.717, 1.165) is 44.4 Å². The lowest BCUT2D eigenvalue weighted by Gasteiger charge is -2.33. The summed E-state index contributed by atoms with van der Waals surface area (Å²) >= 11 is 1.77. The molecule has 1 aromatic rings. The number of nitrogens with one attached hydrogen (secondary N) is 1. The summed E-state index contributed by atoms with van der Waals surface area (Å²) in [5, 5.41) is 6.69. The van der Waals surface area contributed by atoms with Crippen molar-refractivity contribution in [3.8, 4) is 0 Å². The highest BCUT2D eigenvalue weighted by atomic mass is 32.1. The van der Waals surface area contributed by atoms with E-state index in [-0.39, 0.29) is 0 Å². The molecular weight excluding hydrogens is 284 g/mol. The molecule has 0 bridgehead atoms. The van der Waals surface area contributed by atoms with Crippen LogP contribution in [0.5, 0.6) is 0 Å². The van der Waals surface area contributed by atoms with Gasteiger partial charge in [-0.05, 0) is 32.9 Å². The maximum atomic E-state index is 5.03. The Hall–Kier alpha value is -0.690. The lowest BCUT2D eigenvalue weighted by Crippen LogP contribution is -2.37. The van der Waals surface area contributed by atoms with E-state index in [2.05, 4.69) is 34.6 Å². The molecule has 1 fully saturated rings. The summed E-state index contributed by atoms with van der Waals surface area (Å²) in [5.41, 5.74) is 1.14. The molecule has 1 saturated heterocycles. The van der Waals surface area contributed by atoms with E-state index >= 15 is 0 Å². The molecule has 0 spiro atoms. The third kappa shape index (κ3) is 5.54. The number of nitrogens with zero attached hydrogens (tertiary/aromatic N) is 3. The van der Waals surface area contributed by atoms with Crippen molar-refractivity contribution >= 4 is 16.5 Å². The molecule has 1 aromatic heterocycles. The van der Waals surface area contributed by atoms with Crippen molar-refractivity contribution in [3.05, 3.63) is 11.1 Å². The van der Waals surface area contributed by atoms with Gasteiger partial charge < -0.3 is 19.9 Å². The number of piperidine rings is 1. The Morgan fingerprint density at radius 3 is 2.86 bits per heavy atom. The standard InChI is InChI=1S/C15H28N4OS/c1-18(2)11-13-4-7-19(8-5-13)15-17-14(12-21-15)10-16-6-9-20-3/h12-13,16H,4-11H2,1-3H3. The maximum Gasteiger partial charge on any atom is 0.185 e. The van der Waals surface area contributed by atoms with Crippen LogP contribution in [0, 0.1) is 5.92 Å². The van der Waals surface area contributed by atoms with Crippen molar-refractivity contribution in [1.82, 2.24) is 15.2 Å². The summed E-state index contributed by atoms with van der Waals surface area (Å²) in [6, 6.07) is 0. The smallest absolute Gasteiger partial charge is 0.185 e. The Labute approximate surface area is 132 Å². The van der Waals surface area contributed by atoms with Crippen LogP contribution in [0.4, 0.5) is 5.13 Å². The van der Waals surface area contributed by atoms with Crippen LogP contribution < -0.4 is 10.2 Å². The molecule has 0 radical (unpaired) electrons. The number of hydrogen-bond donors (Lipinski definition) is 1. The van der Waals surface area contributed by atoms with E-state index in [4.69, 9.17) is 9.72 Å². The minimum atomic E-state index is 0.746. The van der Waals surface area contributed by atoms with Crippen LogP contribution >= 0.6 is 11.3 Å². The average molecular weight is 312 g/mol. The molecule has 2 rings (SSSR count). The van der Waals surface area contributed by atoms with Gasteiger partial charge in [-0.2, -0.15) is 0 Å². The van der Waals surface area contributed by atoms with Gasteiger partial charge in [0.05, 0.1) is 12.3 Å². The summed E-state index contributed by atoms with van der Waals surface area (Å²) in [4.78, 5) is 9.49. The summed E-state index contributed by atoms with van der Waals surface area (Å²) in [5.74, 6) is 0.839. The van der Waals surface area contributed by atoms with Gasteiger partial charge in [-0.3, -0.25) is 0 Å². The van der Waals surface area contributed by atoms with E-state index in [0.29, 0.717) is 0 Å². The molecule has 1 aliphatic heterocycles. The fraction of sp³-hybridized carbons (Fsp3) is 0.800. The topological polar surface area (TPSA) is 40.6 Å². The molecule has 0 saturated carbocycles. The van der Waals surface area contributed by atoms with Crippen LogP contribution in [0.1, 0.15) is 18.5 Å². The van der Waals surface area contributed by atoms with Crippen LogP contribution in [-0.2, 0) is 11.3 Å². The van der Waals surface area contributed by atoms with Crippen molar-refractivity contribution in [2.75, 3.05) is 58.9 Å². The molecule has 0 amide bonds. The molecule has 5 nitrogen and oxygen atoms in total. The Kier molecular flexibility index (Phi) is 6.89. The lowest BCUT2D eigenvalue weighted by molar-refractivity contribution is 0.199. The molecule has 0 unspecified atom stereocenters. The first kappa shape index (κ1) is 16.7. The van der Waals surface area contributed by atoms with Crippen molar-refractivity contribution in [1.29, 1.82) is 0 Å². The van der Waals surface area contributed by atoms with E-state index in [1.165, 1.54) is 24.5 Å². The monoisotopic (exact) mass is 312 g/mol. The first-order valence-corrected chi connectivity index (χ1v) is 8.60. The van der Waals surface area contributed by atoms with Crippen molar-refractivity contribution in [3.63, 3.8) is 0 Å². The zero-order valence-corrected chi connectivity index (χ0v) is 14.3. The van der Waals surface area contributed by atoms with Crippen LogP contribution in [0.25, 0.3) is 0 Å². The summed E-state index contributed by atoms with van der Waals surface area (Å²) < 4.78 is 5.03. The Morgan fingerprint density at radius 1 is 1.43 bits per heavy atom. The predicted molar refractivity (Wildman–Crippen MR) is 89.2 cm³/mol. The van der Waals surface area contributed by atoms with Gasteiger partial charge in [-0.15, -0.1) is 11.3 Å². The minimum absolute atomic E-state index is 0.746. The van der Waals surface area contributed by atoms with Gasteiger partial charge in [-0.25, -0.2) is 4.98 Å². The molecule has 6 heteroatoms. The second-order valence-electron chi connectivity index (χ2n) is 5.98. The fourth-order valence-corrected chi connectivity index (χ4v) is 3.62. The SMILES string of the molecule is COCCNCc1csc(N2CCC(CN(C)C)CC2)n1. The molecule has 1 N–H and O–H groups in total. The van der Waals surface area contributed by atoms with Gasteiger partial charge in [0.15, 0.2) is 5.13 Å². The van der Waals surface area contributed by atoms with Gasteiger partial charge in [0, 0.05) is 45.2 Å². The fourth-order valence-electron chi connectivity index (χ4n) is 2.74. The Bertz CT molecular complexity index is 402. The van der Waals surface area contributed by atoms with Crippen LogP contribution in [0.2, 0.25) is 0 Å². The van der Waals surface area contributed by atoms with Gasteiger partial charge in [0.2, 0.25) is 0 Å². The third-order valence-electron chi connectivity index (χ3n) is 3.84. The second kappa shape index (κ2) is 8.68. The molecule has 1 aliphatic rings. The van der Waals surface area contributed by atoms with Gasteiger partial charge in [-0.1, -0.05) is 0 Å². The molecular formula is C15H28N4OS. The van der Waals surface area contributed by atoms with Gasteiger partial charge >= 0.3 is 0 Å². The molecule has 21 heavy (non-hydrogen) atoms. The van der Waals surface area contributed by atoms with Crippen LogP contribution in [0.3, 0.4) is 0 Å². The summed E-state index contributed by atoms with van der Waals surface area (Å²) in [7, 11) is 6.05. The van der Waals surface area contributed by atoms with E-state index in [1.807, 2.05) is 0 Å². The molecule has 2 heterocycles. The number of rotatable bonds is 8. The predicted octanol–water partition coefficient (Wildman–Crippen LogP) is 1.66. The number of methoxy groups -OCH3 is 1. The molecule has 0 aromatic carbocycles. The minimum Gasteiger partial charge on any atom is -0.383 e. The normalized spacial score (nSPS) is 16.9. The highest BCUT2D eigenvalue weighted by molar-refractivity contribution is 7.13. The van der Waals surface area contributed by atoms with E-state index in [1.54, 1.807) is 18.4 Å². The maximum absolute atomic E-state index is 5.03.